The molecule has 2 heterocycles. The van der Waals surface area contributed by atoms with Gasteiger partial charge in [-0.3, -0.25) is 0 Å². The fourth-order valence-electron chi connectivity index (χ4n) is 2.71. The molecule has 0 aliphatic carbocycles. The molecule has 0 radical (unpaired) electrons. The largest absolute Gasteiger partial charge is 0.465 e. The molecule has 1 fully saturated rings. The van der Waals surface area contributed by atoms with E-state index in [4.69, 9.17) is 4.42 Å². The lowest BCUT2D eigenvalue weighted by Crippen LogP contribution is -2.47. The minimum Gasteiger partial charge on any atom is -0.465 e. The molecular weight excluding hydrogens is 318 g/mol. The number of hydrogen-bond donors (Lipinski definition) is 2. The topological polar surface area (TPSA) is 114 Å². The van der Waals surface area contributed by atoms with Gasteiger partial charge in [-0.25, -0.2) is 21.6 Å². The van der Waals surface area contributed by atoms with E-state index >= 15 is 0 Å². The van der Waals surface area contributed by atoms with E-state index in [0.717, 1.165) is 0 Å². The van der Waals surface area contributed by atoms with Gasteiger partial charge in [-0.1, -0.05) is 0 Å². The summed E-state index contributed by atoms with van der Waals surface area (Å²) < 4.78 is 55.9. The summed E-state index contributed by atoms with van der Waals surface area (Å²) in [6.07, 6.45) is 0.221. The predicted molar refractivity (Wildman–Crippen MR) is 76.1 cm³/mol. The normalized spacial score (nSPS) is 25.3. The van der Waals surface area contributed by atoms with Gasteiger partial charge in [-0.15, -0.1) is 0 Å². The summed E-state index contributed by atoms with van der Waals surface area (Å²) >= 11 is 0. The zero-order valence-corrected chi connectivity index (χ0v) is 13.8. The Morgan fingerprint density at radius 3 is 2.43 bits per heavy atom. The zero-order valence-electron chi connectivity index (χ0n) is 12.1. The molecular formula is C12H19NO6S2. The van der Waals surface area contributed by atoms with E-state index in [0.29, 0.717) is 5.76 Å². The summed E-state index contributed by atoms with van der Waals surface area (Å²) in [5.41, 5.74) is -0.841. The molecule has 2 rings (SSSR count). The summed E-state index contributed by atoms with van der Waals surface area (Å²) in [5.74, 6) is 0.235. The highest BCUT2D eigenvalue weighted by Gasteiger charge is 2.42. The molecule has 0 bridgehead atoms. The first kappa shape index (κ1) is 16.5. The van der Waals surface area contributed by atoms with Gasteiger partial charge in [0.25, 0.3) is 0 Å². The van der Waals surface area contributed by atoms with Gasteiger partial charge < -0.3 is 9.52 Å². The Bertz CT molecular complexity index is 762. The van der Waals surface area contributed by atoms with Crippen LogP contribution in [0.25, 0.3) is 0 Å². The second kappa shape index (κ2) is 5.08. The summed E-state index contributed by atoms with van der Waals surface area (Å²) in [6.45, 7) is 4.16. The number of nitrogens with one attached hydrogen (secondary N) is 1. The number of aryl methyl sites for hydroxylation is 2. The lowest BCUT2D eigenvalue weighted by Gasteiger charge is -2.23. The molecule has 9 heteroatoms. The summed E-state index contributed by atoms with van der Waals surface area (Å²) in [4.78, 5) is -0.104. The number of furan rings is 1. The second-order valence-electron chi connectivity index (χ2n) is 5.69. The lowest BCUT2D eigenvalue weighted by atomic mass is 10.0. The Morgan fingerprint density at radius 1 is 1.33 bits per heavy atom. The van der Waals surface area contributed by atoms with Crippen molar-refractivity contribution < 1.29 is 26.4 Å². The molecule has 1 aliphatic heterocycles. The SMILES string of the molecule is Cc1oc(C)c(S(=O)(=O)NC2(C)CCS(=O)(=O)C2)c1CO. The van der Waals surface area contributed by atoms with Gasteiger partial charge in [0.15, 0.2) is 9.84 Å². The number of rotatable bonds is 4. The van der Waals surface area contributed by atoms with Crippen LogP contribution >= 0.6 is 0 Å². The Balaban J connectivity index is 2.41. The predicted octanol–water partition coefficient (Wildman–Crippen LogP) is 0.244. The molecule has 120 valence electrons. The Kier molecular flexibility index (Phi) is 3.98. The van der Waals surface area contributed by atoms with Crippen molar-refractivity contribution in [3.05, 3.63) is 17.1 Å². The highest BCUT2D eigenvalue weighted by atomic mass is 32.2. The van der Waals surface area contributed by atoms with Crippen molar-refractivity contribution in [2.24, 2.45) is 0 Å². The first-order valence-corrected chi connectivity index (χ1v) is 9.74. The molecule has 0 aromatic carbocycles. The zero-order chi connectivity index (χ0) is 16.1. The van der Waals surface area contributed by atoms with E-state index < -0.39 is 32.0 Å². The van der Waals surface area contributed by atoms with Crippen molar-refractivity contribution in [3.8, 4) is 0 Å². The van der Waals surface area contributed by atoms with Crippen LogP contribution in [0.1, 0.15) is 30.4 Å². The number of hydrogen-bond acceptors (Lipinski definition) is 6. The van der Waals surface area contributed by atoms with Crippen molar-refractivity contribution in [3.63, 3.8) is 0 Å². The number of aliphatic hydroxyl groups excluding tert-OH is 1. The Labute approximate surface area is 124 Å². The van der Waals surface area contributed by atoms with Crippen molar-refractivity contribution >= 4 is 19.9 Å². The third-order valence-corrected chi connectivity index (χ3v) is 7.37. The Morgan fingerprint density at radius 2 is 1.95 bits per heavy atom. The summed E-state index contributed by atoms with van der Waals surface area (Å²) in [6, 6.07) is 0. The molecule has 1 saturated heterocycles. The molecule has 2 N–H and O–H groups in total. The average Bonchev–Trinajstić information content (AvgIpc) is 2.74. The molecule has 1 aromatic heterocycles. The minimum absolute atomic E-state index is 0.0394. The van der Waals surface area contributed by atoms with Crippen LogP contribution in [-0.2, 0) is 26.5 Å². The molecule has 1 unspecified atom stereocenters. The van der Waals surface area contributed by atoms with Crippen molar-refractivity contribution in [2.75, 3.05) is 11.5 Å². The maximum atomic E-state index is 12.5. The number of sulfone groups is 1. The molecule has 7 nitrogen and oxygen atoms in total. The highest BCUT2D eigenvalue weighted by molar-refractivity contribution is 7.92. The van der Waals surface area contributed by atoms with Crippen LogP contribution in [0.4, 0.5) is 0 Å². The number of sulfonamides is 1. The van der Waals surface area contributed by atoms with Gasteiger partial charge in [-0.05, 0) is 27.2 Å². The third-order valence-electron chi connectivity index (χ3n) is 3.64. The van der Waals surface area contributed by atoms with E-state index in [-0.39, 0.29) is 34.1 Å². The Hall–Kier alpha value is -0.900. The van der Waals surface area contributed by atoms with Crippen molar-refractivity contribution in [2.45, 2.75) is 44.2 Å². The van der Waals surface area contributed by atoms with Gasteiger partial charge in [0.1, 0.15) is 16.4 Å². The second-order valence-corrected chi connectivity index (χ2v) is 9.49. The van der Waals surface area contributed by atoms with Crippen LogP contribution in [0.5, 0.6) is 0 Å². The quantitative estimate of drug-likeness (QED) is 0.814. The third kappa shape index (κ3) is 3.15. The van der Waals surface area contributed by atoms with Crippen molar-refractivity contribution in [1.29, 1.82) is 0 Å². The van der Waals surface area contributed by atoms with Crippen molar-refractivity contribution in [1.82, 2.24) is 4.72 Å². The van der Waals surface area contributed by atoms with Gasteiger partial charge in [0.05, 0.1) is 18.1 Å². The van der Waals surface area contributed by atoms with E-state index in [1.807, 2.05) is 0 Å². The molecule has 21 heavy (non-hydrogen) atoms. The van der Waals surface area contributed by atoms with Gasteiger partial charge in [-0.2, -0.15) is 0 Å². The van der Waals surface area contributed by atoms with Crippen LogP contribution in [0.3, 0.4) is 0 Å². The summed E-state index contributed by atoms with van der Waals surface area (Å²) in [7, 11) is -7.20. The summed E-state index contributed by atoms with van der Waals surface area (Å²) in [5, 5.41) is 9.34. The van der Waals surface area contributed by atoms with Crippen LogP contribution < -0.4 is 4.72 Å². The smallest absolute Gasteiger partial charge is 0.244 e. The maximum absolute atomic E-state index is 12.5. The van der Waals surface area contributed by atoms with E-state index in [9.17, 15) is 21.9 Å². The molecule has 1 atom stereocenters. The van der Waals surface area contributed by atoms with Crippen LogP contribution in [0, 0.1) is 13.8 Å². The first-order chi connectivity index (χ1) is 9.50. The molecule has 1 aromatic rings. The van der Waals surface area contributed by atoms with Crippen LogP contribution in [-0.4, -0.2) is 39.0 Å². The lowest BCUT2D eigenvalue weighted by molar-refractivity contribution is 0.276. The van der Waals surface area contributed by atoms with E-state index in [1.165, 1.54) is 6.92 Å². The standard InChI is InChI=1S/C12H19NO6S2/c1-8-10(6-14)11(9(2)19-8)21(17,18)13-12(3)4-5-20(15,16)7-12/h13-14H,4-7H2,1-3H3. The van der Waals surface area contributed by atoms with E-state index in [2.05, 4.69) is 4.72 Å². The van der Waals surface area contributed by atoms with Gasteiger partial charge >= 0.3 is 0 Å². The first-order valence-electron chi connectivity index (χ1n) is 6.44. The van der Waals surface area contributed by atoms with Crippen LogP contribution in [0.2, 0.25) is 0 Å². The maximum Gasteiger partial charge on any atom is 0.244 e. The van der Waals surface area contributed by atoms with Crippen LogP contribution in [0.15, 0.2) is 9.31 Å². The highest BCUT2D eigenvalue weighted by Crippen LogP contribution is 2.30. The minimum atomic E-state index is -3.97. The molecule has 1 aliphatic rings. The fourth-order valence-corrected chi connectivity index (χ4v) is 6.77. The fraction of sp³-hybridized carbons (Fsp3) is 0.667. The van der Waals surface area contributed by atoms with Gasteiger partial charge in [0, 0.05) is 11.1 Å². The molecule has 0 spiro atoms. The molecule has 0 saturated carbocycles. The molecule has 0 amide bonds. The van der Waals surface area contributed by atoms with E-state index in [1.54, 1.807) is 13.8 Å². The van der Waals surface area contributed by atoms with Gasteiger partial charge in [0.2, 0.25) is 10.0 Å². The average molecular weight is 337 g/mol. The number of aliphatic hydroxyl groups is 1. The monoisotopic (exact) mass is 337 g/mol.